The summed E-state index contributed by atoms with van der Waals surface area (Å²) in [5.41, 5.74) is 8.57. The molecule has 6 heteroatoms. The van der Waals surface area contributed by atoms with Crippen molar-refractivity contribution in [3.63, 3.8) is 0 Å². The van der Waals surface area contributed by atoms with Gasteiger partial charge in [-0.1, -0.05) is 6.08 Å². The van der Waals surface area contributed by atoms with E-state index in [1.165, 1.54) is 0 Å². The van der Waals surface area contributed by atoms with E-state index in [0.29, 0.717) is 30.4 Å². The largest absolute Gasteiger partial charge is 0.482 e. The number of nitrogens with one attached hydrogen (secondary N) is 1. The summed E-state index contributed by atoms with van der Waals surface area (Å²) in [5, 5.41) is 2.81. The predicted molar refractivity (Wildman–Crippen MR) is 78.3 cm³/mol. The van der Waals surface area contributed by atoms with Gasteiger partial charge in [0.05, 0.1) is 12.2 Å². The van der Waals surface area contributed by atoms with Crippen molar-refractivity contribution in [2.24, 2.45) is 10.7 Å². The fourth-order valence-electron chi connectivity index (χ4n) is 2.44. The number of hydrogen-bond donors (Lipinski definition) is 2. The van der Waals surface area contributed by atoms with Crippen LogP contribution in [0.15, 0.2) is 29.8 Å². The second-order valence-corrected chi connectivity index (χ2v) is 4.70. The average molecular weight is 272 g/mol. The van der Waals surface area contributed by atoms with Crippen LogP contribution in [-0.2, 0) is 11.2 Å². The number of rotatable bonds is 3. The molecule has 0 radical (unpaired) electrons. The van der Waals surface area contributed by atoms with Crippen LogP contribution in [0, 0.1) is 0 Å². The van der Waals surface area contributed by atoms with E-state index in [1.807, 2.05) is 23.1 Å². The lowest BCUT2D eigenvalue weighted by Gasteiger charge is -2.25. The number of anilines is 2. The molecule has 3 rings (SSSR count). The molecule has 0 aliphatic carbocycles. The maximum atomic E-state index is 11.4. The van der Waals surface area contributed by atoms with Crippen LogP contribution >= 0.6 is 0 Å². The van der Waals surface area contributed by atoms with E-state index in [9.17, 15) is 4.79 Å². The Morgan fingerprint density at radius 2 is 2.40 bits per heavy atom. The SMILES string of the molecule is C=CCc1cc2c(cc1N1CCN=C1N)NC(=O)CO2. The number of amides is 1. The van der Waals surface area contributed by atoms with Crippen molar-refractivity contribution in [3.8, 4) is 5.75 Å². The number of carbonyl (C=O) groups is 1. The summed E-state index contributed by atoms with van der Waals surface area (Å²) in [6.45, 7) is 5.24. The van der Waals surface area contributed by atoms with Crippen molar-refractivity contribution >= 4 is 23.2 Å². The Bertz CT molecular complexity index is 609. The number of fused-ring (bicyclic) bond motifs is 1. The second kappa shape index (κ2) is 4.88. The highest BCUT2D eigenvalue weighted by molar-refractivity contribution is 6.00. The third kappa shape index (κ3) is 2.09. The first-order chi connectivity index (χ1) is 9.69. The molecule has 20 heavy (non-hydrogen) atoms. The highest BCUT2D eigenvalue weighted by atomic mass is 16.5. The molecule has 1 aromatic rings. The maximum absolute atomic E-state index is 11.4. The van der Waals surface area contributed by atoms with Crippen molar-refractivity contribution in [1.82, 2.24) is 0 Å². The minimum atomic E-state index is -0.150. The Balaban J connectivity index is 2.06. The number of allylic oxidation sites excluding steroid dienone is 1. The standard InChI is InChI=1S/C14H16N4O2/c1-2-3-9-6-12-10(17-13(19)8-20-12)7-11(9)18-5-4-16-14(18)15/h2,6-7H,1,3-5,8H2,(H2,15,16)(H,17,19). The quantitative estimate of drug-likeness (QED) is 0.800. The summed E-state index contributed by atoms with van der Waals surface area (Å²) in [6, 6.07) is 3.82. The molecule has 104 valence electrons. The van der Waals surface area contributed by atoms with Crippen LogP contribution < -0.4 is 20.7 Å². The molecule has 0 fully saturated rings. The van der Waals surface area contributed by atoms with Gasteiger partial charge < -0.3 is 20.7 Å². The normalized spacial score (nSPS) is 17.1. The van der Waals surface area contributed by atoms with Crippen LogP contribution in [0.25, 0.3) is 0 Å². The van der Waals surface area contributed by atoms with Crippen LogP contribution in [0.4, 0.5) is 11.4 Å². The van der Waals surface area contributed by atoms with E-state index < -0.39 is 0 Å². The highest BCUT2D eigenvalue weighted by Crippen LogP contribution is 2.36. The molecule has 2 aliphatic heterocycles. The van der Waals surface area contributed by atoms with E-state index in [4.69, 9.17) is 10.5 Å². The van der Waals surface area contributed by atoms with E-state index in [2.05, 4.69) is 16.9 Å². The minimum Gasteiger partial charge on any atom is -0.482 e. The van der Waals surface area contributed by atoms with E-state index in [0.717, 1.165) is 17.8 Å². The molecule has 0 unspecified atom stereocenters. The number of benzene rings is 1. The van der Waals surface area contributed by atoms with Gasteiger partial charge in [0.2, 0.25) is 0 Å². The molecule has 0 saturated heterocycles. The first kappa shape index (κ1) is 12.5. The van der Waals surface area contributed by atoms with E-state index in [1.54, 1.807) is 0 Å². The molecule has 0 atom stereocenters. The van der Waals surface area contributed by atoms with Crippen LogP contribution in [0.3, 0.4) is 0 Å². The fourth-order valence-corrected chi connectivity index (χ4v) is 2.44. The van der Waals surface area contributed by atoms with Gasteiger partial charge in [-0.2, -0.15) is 0 Å². The molecule has 1 aromatic carbocycles. The molecule has 0 bridgehead atoms. The Hall–Kier alpha value is -2.50. The zero-order valence-electron chi connectivity index (χ0n) is 11.1. The summed E-state index contributed by atoms with van der Waals surface area (Å²) in [4.78, 5) is 17.6. The number of nitrogens with zero attached hydrogens (tertiary/aromatic N) is 2. The van der Waals surface area contributed by atoms with Gasteiger partial charge in [0.1, 0.15) is 5.75 Å². The minimum absolute atomic E-state index is 0.0488. The lowest BCUT2D eigenvalue weighted by Crippen LogP contribution is -2.35. The zero-order valence-corrected chi connectivity index (χ0v) is 11.1. The third-order valence-corrected chi connectivity index (χ3v) is 3.34. The van der Waals surface area contributed by atoms with Crippen molar-refractivity contribution in [2.45, 2.75) is 6.42 Å². The summed E-state index contributed by atoms with van der Waals surface area (Å²) in [5.74, 6) is 1.03. The van der Waals surface area contributed by atoms with Gasteiger partial charge >= 0.3 is 0 Å². The Morgan fingerprint density at radius 3 is 3.10 bits per heavy atom. The van der Waals surface area contributed by atoms with Gasteiger partial charge in [-0.05, 0) is 24.1 Å². The lowest BCUT2D eigenvalue weighted by atomic mass is 10.1. The van der Waals surface area contributed by atoms with Gasteiger partial charge in [-0.25, -0.2) is 0 Å². The molecule has 0 spiro atoms. The average Bonchev–Trinajstić information content (AvgIpc) is 2.85. The Kier molecular flexibility index (Phi) is 3.06. The Labute approximate surface area is 116 Å². The smallest absolute Gasteiger partial charge is 0.262 e. The summed E-state index contributed by atoms with van der Waals surface area (Å²) in [7, 11) is 0. The molecule has 1 amide bonds. The predicted octanol–water partition coefficient (Wildman–Crippen LogP) is 0.881. The number of aliphatic imine (C=N–C) groups is 1. The lowest BCUT2D eigenvalue weighted by molar-refractivity contribution is -0.118. The van der Waals surface area contributed by atoms with Crippen LogP contribution in [-0.4, -0.2) is 31.6 Å². The first-order valence-corrected chi connectivity index (χ1v) is 6.47. The summed E-state index contributed by atoms with van der Waals surface area (Å²) >= 11 is 0. The monoisotopic (exact) mass is 272 g/mol. The zero-order chi connectivity index (χ0) is 14.1. The third-order valence-electron chi connectivity index (χ3n) is 3.34. The highest BCUT2D eigenvalue weighted by Gasteiger charge is 2.23. The molecular weight excluding hydrogens is 256 g/mol. The van der Waals surface area contributed by atoms with Crippen LogP contribution in [0.5, 0.6) is 5.75 Å². The molecule has 6 nitrogen and oxygen atoms in total. The summed E-state index contributed by atoms with van der Waals surface area (Å²) in [6.07, 6.45) is 2.53. The van der Waals surface area contributed by atoms with Crippen molar-refractivity contribution in [1.29, 1.82) is 0 Å². The van der Waals surface area contributed by atoms with Crippen molar-refractivity contribution < 1.29 is 9.53 Å². The molecule has 2 heterocycles. The molecule has 0 saturated carbocycles. The molecule has 0 aromatic heterocycles. The Morgan fingerprint density at radius 1 is 1.55 bits per heavy atom. The number of ether oxygens (including phenoxy) is 1. The van der Waals surface area contributed by atoms with Gasteiger partial charge in [-0.15, -0.1) is 6.58 Å². The number of nitrogens with two attached hydrogens (primary N) is 1. The number of guanidine groups is 1. The number of carbonyl (C=O) groups excluding carboxylic acids is 1. The van der Waals surface area contributed by atoms with E-state index >= 15 is 0 Å². The van der Waals surface area contributed by atoms with Crippen molar-refractivity contribution in [3.05, 3.63) is 30.4 Å². The number of hydrogen-bond acceptors (Lipinski definition) is 5. The molecule has 3 N–H and O–H groups in total. The van der Waals surface area contributed by atoms with Gasteiger partial charge in [0.25, 0.3) is 5.91 Å². The van der Waals surface area contributed by atoms with Crippen LogP contribution in [0.1, 0.15) is 5.56 Å². The van der Waals surface area contributed by atoms with Crippen molar-refractivity contribution in [2.75, 3.05) is 29.9 Å². The van der Waals surface area contributed by atoms with Gasteiger partial charge in [0.15, 0.2) is 12.6 Å². The maximum Gasteiger partial charge on any atom is 0.262 e. The van der Waals surface area contributed by atoms with Gasteiger partial charge in [-0.3, -0.25) is 9.79 Å². The molecule has 2 aliphatic rings. The summed E-state index contributed by atoms with van der Waals surface area (Å²) < 4.78 is 5.44. The van der Waals surface area contributed by atoms with Crippen LogP contribution in [0.2, 0.25) is 0 Å². The molecular formula is C14H16N4O2. The second-order valence-electron chi connectivity index (χ2n) is 4.70. The van der Waals surface area contributed by atoms with Gasteiger partial charge in [0, 0.05) is 12.2 Å². The topological polar surface area (TPSA) is 80.0 Å². The fraction of sp³-hybridized carbons (Fsp3) is 0.286. The van der Waals surface area contributed by atoms with E-state index in [-0.39, 0.29) is 12.5 Å². The first-order valence-electron chi connectivity index (χ1n) is 6.47.